The minimum Gasteiger partial charge on any atom is -0.508 e. The fourth-order valence-electron chi connectivity index (χ4n) is 4.80. The lowest BCUT2D eigenvalue weighted by molar-refractivity contribution is 0.0306. The van der Waals surface area contributed by atoms with E-state index in [-0.39, 0.29) is 17.7 Å². The standard InChI is InChI=1S/C28H39N3O2/c1-6-8-17-29(5)28(33)24-14-12-23(13-15-24)27(25-10-9-11-26(32)18-25)31-20-21(3)30(16-7-2)19-22(31)4/h7,9-15,18,21-22,27,32H,2,6,8,16-17,19-20H2,1,3-5H3/t21-,22+,27-/m1/s1. The number of nitrogens with zero attached hydrogens (tertiary/aromatic N) is 3. The van der Waals surface area contributed by atoms with Crippen LogP contribution in [0.15, 0.2) is 61.2 Å². The van der Waals surface area contributed by atoms with Gasteiger partial charge in [0, 0.05) is 50.9 Å². The first-order valence-electron chi connectivity index (χ1n) is 12.1. The van der Waals surface area contributed by atoms with E-state index in [0.717, 1.165) is 50.1 Å². The van der Waals surface area contributed by atoms with E-state index in [1.807, 2.05) is 37.4 Å². The fraction of sp³-hybridized carbons (Fsp3) is 0.464. The number of aromatic hydroxyl groups is 1. The number of hydrogen-bond donors (Lipinski definition) is 1. The number of rotatable bonds is 9. The summed E-state index contributed by atoms with van der Waals surface area (Å²) < 4.78 is 0. The number of phenols is 1. The van der Waals surface area contributed by atoms with Crippen LogP contribution < -0.4 is 0 Å². The van der Waals surface area contributed by atoms with Gasteiger partial charge in [-0.15, -0.1) is 6.58 Å². The summed E-state index contributed by atoms with van der Waals surface area (Å²) in [5, 5.41) is 10.2. The molecule has 0 unspecified atom stereocenters. The number of unbranched alkanes of at least 4 members (excludes halogenated alkanes) is 1. The van der Waals surface area contributed by atoms with Gasteiger partial charge in [0.05, 0.1) is 6.04 Å². The highest BCUT2D eigenvalue weighted by Crippen LogP contribution is 2.34. The minimum atomic E-state index is 0.00223. The van der Waals surface area contributed by atoms with Crippen LogP contribution in [0.1, 0.15) is 61.1 Å². The molecule has 1 aliphatic heterocycles. The molecule has 2 aromatic rings. The smallest absolute Gasteiger partial charge is 0.253 e. The van der Waals surface area contributed by atoms with Crippen molar-refractivity contribution in [2.45, 2.75) is 51.7 Å². The quantitative estimate of drug-likeness (QED) is 0.551. The molecule has 0 saturated carbocycles. The second-order valence-electron chi connectivity index (χ2n) is 9.34. The van der Waals surface area contributed by atoms with Gasteiger partial charge in [-0.25, -0.2) is 0 Å². The second-order valence-corrected chi connectivity index (χ2v) is 9.34. The van der Waals surface area contributed by atoms with Crippen molar-refractivity contribution in [3.63, 3.8) is 0 Å². The number of benzene rings is 2. The molecule has 5 nitrogen and oxygen atoms in total. The van der Waals surface area contributed by atoms with Gasteiger partial charge in [-0.3, -0.25) is 14.6 Å². The van der Waals surface area contributed by atoms with Crippen LogP contribution in [0.4, 0.5) is 0 Å². The van der Waals surface area contributed by atoms with Gasteiger partial charge in [0.1, 0.15) is 5.75 Å². The van der Waals surface area contributed by atoms with Gasteiger partial charge in [-0.1, -0.05) is 43.7 Å². The normalized spacial score (nSPS) is 20.4. The molecule has 3 rings (SSSR count). The van der Waals surface area contributed by atoms with E-state index in [1.54, 1.807) is 11.0 Å². The molecule has 33 heavy (non-hydrogen) atoms. The van der Waals surface area contributed by atoms with Gasteiger partial charge < -0.3 is 10.0 Å². The lowest BCUT2D eigenvalue weighted by Crippen LogP contribution is -2.57. The van der Waals surface area contributed by atoms with Crippen LogP contribution in [0.25, 0.3) is 0 Å². The summed E-state index contributed by atoms with van der Waals surface area (Å²) in [6.07, 6.45) is 4.05. The van der Waals surface area contributed by atoms with Crippen molar-refractivity contribution < 1.29 is 9.90 Å². The van der Waals surface area contributed by atoms with Crippen LogP contribution in [0.5, 0.6) is 5.75 Å². The van der Waals surface area contributed by atoms with Crippen LogP contribution in [-0.4, -0.2) is 71.0 Å². The highest BCUT2D eigenvalue weighted by molar-refractivity contribution is 5.94. The zero-order chi connectivity index (χ0) is 24.0. The van der Waals surface area contributed by atoms with Crippen LogP contribution in [0, 0.1) is 0 Å². The van der Waals surface area contributed by atoms with Crippen molar-refractivity contribution in [1.29, 1.82) is 0 Å². The van der Waals surface area contributed by atoms with E-state index in [1.165, 1.54) is 0 Å². The number of hydrogen-bond acceptors (Lipinski definition) is 4. The maximum atomic E-state index is 12.8. The molecule has 0 aliphatic carbocycles. The van der Waals surface area contributed by atoms with E-state index in [2.05, 4.69) is 55.3 Å². The highest BCUT2D eigenvalue weighted by atomic mass is 16.3. The van der Waals surface area contributed by atoms with Crippen molar-refractivity contribution in [3.05, 3.63) is 77.9 Å². The van der Waals surface area contributed by atoms with Crippen molar-refractivity contribution in [2.24, 2.45) is 0 Å². The Bertz CT molecular complexity index is 927. The maximum Gasteiger partial charge on any atom is 0.253 e. The van der Waals surface area contributed by atoms with E-state index < -0.39 is 0 Å². The number of carbonyl (C=O) groups is 1. The van der Waals surface area contributed by atoms with Crippen molar-refractivity contribution in [2.75, 3.05) is 33.2 Å². The molecular formula is C28H39N3O2. The Morgan fingerprint density at radius 1 is 1.15 bits per heavy atom. The summed E-state index contributed by atoms with van der Waals surface area (Å²) in [5.41, 5.74) is 2.90. The van der Waals surface area contributed by atoms with Gasteiger partial charge in [0.15, 0.2) is 0 Å². The Kier molecular flexibility index (Phi) is 8.70. The molecule has 0 spiro atoms. The van der Waals surface area contributed by atoms with Crippen molar-refractivity contribution in [1.82, 2.24) is 14.7 Å². The van der Waals surface area contributed by atoms with Crippen LogP contribution in [0.2, 0.25) is 0 Å². The van der Waals surface area contributed by atoms with E-state index in [0.29, 0.717) is 17.6 Å². The van der Waals surface area contributed by atoms with Gasteiger partial charge >= 0.3 is 0 Å². The topological polar surface area (TPSA) is 47.0 Å². The third kappa shape index (κ3) is 6.04. The monoisotopic (exact) mass is 449 g/mol. The summed E-state index contributed by atoms with van der Waals surface area (Å²) in [6.45, 7) is 14.1. The predicted molar refractivity (Wildman–Crippen MR) is 136 cm³/mol. The van der Waals surface area contributed by atoms with Crippen LogP contribution in [0.3, 0.4) is 0 Å². The molecule has 5 heteroatoms. The zero-order valence-corrected chi connectivity index (χ0v) is 20.6. The minimum absolute atomic E-state index is 0.00223. The number of phenolic OH excluding ortho intramolecular Hbond substituents is 1. The fourth-order valence-corrected chi connectivity index (χ4v) is 4.80. The van der Waals surface area contributed by atoms with E-state index in [9.17, 15) is 9.90 Å². The summed E-state index contributed by atoms with van der Waals surface area (Å²) in [4.78, 5) is 19.6. The molecule has 1 aliphatic rings. The molecule has 1 N–H and O–H groups in total. The largest absolute Gasteiger partial charge is 0.508 e. The first-order chi connectivity index (χ1) is 15.8. The van der Waals surface area contributed by atoms with Crippen molar-refractivity contribution in [3.8, 4) is 5.75 Å². The second kappa shape index (κ2) is 11.5. The maximum absolute atomic E-state index is 12.8. The number of amides is 1. The molecule has 1 saturated heterocycles. The van der Waals surface area contributed by atoms with Crippen LogP contribution in [-0.2, 0) is 0 Å². The number of piperazine rings is 1. The first-order valence-corrected chi connectivity index (χ1v) is 12.1. The number of carbonyl (C=O) groups excluding carboxylic acids is 1. The van der Waals surface area contributed by atoms with E-state index >= 15 is 0 Å². The Morgan fingerprint density at radius 3 is 2.52 bits per heavy atom. The zero-order valence-electron chi connectivity index (χ0n) is 20.6. The Labute approximate surface area is 199 Å². The SMILES string of the molecule is C=CCN1C[C@H](C)N([C@H](c2ccc(C(=O)N(C)CCCC)cc2)c2cccc(O)c2)C[C@H]1C. The van der Waals surface area contributed by atoms with Gasteiger partial charge in [0.25, 0.3) is 5.91 Å². The van der Waals surface area contributed by atoms with Gasteiger partial charge in [-0.2, -0.15) is 0 Å². The molecule has 1 fully saturated rings. The third-order valence-corrected chi connectivity index (χ3v) is 6.71. The molecule has 0 bridgehead atoms. The van der Waals surface area contributed by atoms with E-state index in [4.69, 9.17) is 0 Å². The molecule has 1 heterocycles. The highest BCUT2D eigenvalue weighted by Gasteiger charge is 2.34. The average Bonchev–Trinajstić information content (AvgIpc) is 2.81. The lowest BCUT2D eigenvalue weighted by Gasteiger charge is -2.47. The summed E-state index contributed by atoms with van der Waals surface area (Å²) >= 11 is 0. The molecule has 3 atom stereocenters. The summed E-state index contributed by atoms with van der Waals surface area (Å²) in [5.74, 6) is 0.330. The summed E-state index contributed by atoms with van der Waals surface area (Å²) in [7, 11) is 1.87. The molecule has 0 aromatic heterocycles. The molecular weight excluding hydrogens is 410 g/mol. The average molecular weight is 450 g/mol. The Balaban J connectivity index is 1.91. The summed E-state index contributed by atoms with van der Waals surface area (Å²) in [6, 6.07) is 16.3. The Hall–Kier alpha value is -2.63. The Morgan fingerprint density at radius 2 is 1.88 bits per heavy atom. The predicted octanol–water partition coefficient (Wildman–Crippen LogP) is 4.93. The van der Waals surface area contributed by atoms with Crippen molar-refractivity contribution >= 4 is 5.91 Å². The first kappa shape index (κ1) is 25.0. The van der Waals surface area contributed by atoms with Crippen LogP contribution >= 0.6 is 0 Å². The molecule has 1 amide bonds. The van der Waals surface area contributed by atoms with Gasteiger partial charge in [-0.05, 0) is 55.7 Å². The molecule has 178 valence electrons. The van der Waals surface area contributed by atoms with Gasteiger partial charge in [0.2, 0.25) is 0 Å². The lowest BCUT2D eigenvalue weighted by atomic mass is 9.92. The molecule has 0 radical (unpaired) electrons. The third-order valence-electron chi connectivity index (χ3n) is 6.71. The molecule has 2 aromatic carbocycles.